The second kappa shape index (κ2) is 9.13. The molecule has 2 heterocycles. The minimum Gasteiger partial charge on any atom is -0.465 e. The third-order valence-corrected chi connectivity index (χ3v) is 5.97. The highest BCUT2D eigenvalue weighted by Crippen LogP contribution is 2.26. The number of hydrogen-bond donors (Lipinski definition) is 2. The van der Waals surface area contributed by atoms with E-state index in [1.54, 1.807) is 6.92 Å². The Kier molecular flexibility index (Phi) is 7.13. The van der Waals surface area contributed by atoms with Crippen LogP contribution in [0.4, 0.5) is 9.93 Å². The van der Waals surface area contributed by atoms with Gasteiger partial charge in [0.15, 0.2) is 4.34 Å². The van der Waals surface area contributed by atoms with Gasteiger partial charge in [-0.05, 0) is 19.8 Å². The van der Waals surface area contributed by atoms with Crippen molar-refractivity contribution in [2.75, 3.05) is 24.2 Å². The van der Waals surface area contributed by atoms with E-state index >= 15 is 0 Å². The number of hydrogen-bond acceptors (Lipinski definition) is 9. The van der Waals surface area contributed by atoms with Gasteiger partial charge in [-0.1, -0.05) is 36.9 Å². The number of ether oxygens (including phenoxy) is 1. The topological polar surface area (TPSA) is 131 Å². The van der Waals surface area contributed by atoms with Gasteiger partial charge < -0.3 is 10.1 Å². The molecule has 27 heavy (non-hydrogen) atoms. The van der Waals surface area contributed by atoms with Gasteiger partial charge in [0.05, 0.1) is 12.4 Å². The van der Waals surface area contributed by atoms with Crippen molar-refractivity contribution in [3.8, 4) is 0 Å². The van der Waals surface area contributed by atoms with E-state index in [1.807, 2.05) is 13.8 Å². The molecule has 148 valence electrons. The van der Waals surface area contributed by atoms with Crippen LogP contribution in [0.25, 0.3) is 0 Å². The summed E-state index contributed by atoms with van der Waals surface area (Å²) in [6.45, 7) is 5.23. The van der Waals surface area contributed by atoms with Gasteiger partial charge in [0, 0.05) is 0 Å². The Morgan fingerprint density at radius 2 is 1.96 bits per heavy atom. The average Bonchev–Trinajstić information content (AvgIpc) is 3.18. The fourth-order valence-electron chi connectivity index (χ4n) is 2.49. The highest BCUT2D eigenvalue weighted by molar-refractivity contribution is 8.01. The van der Waals surface area contributed by atoms with Gasteiger partial charge in [0.1, 0.15) is 12.1 Å². The van der Waals surface area contributed by atoms with Crippen molar-refractivity contribution < 1.29 is 23.9 Å². The third kappa shape index (κ3) is 4.95. The van der Waals surface area contributed by atoms with Gasteiger partial charge in [-0.3, -0.25) is 24.6 Å². The minimum atomic E-state index is -0.947. The zero-order valence-corrected chi connectivity index (χ0v) is 16.9. The molecule has 0 spiro atoms. The summed E-state index contributed by atoms with van der Waals surface area (Å²) in [5.74, 6) is -1.23. The Balaban J connectivity index is 1.90. The van der Waals surface area contributed by atoms with Crippen LogP contribution >= 0.6 is 23.1 Å². The van der Waals surface area contributed by atoms with Crippen molar-refractivity contribution in [1.82, 2.24) is 20.4 Å². The van der Waals surface area contributed by atoms with E-state index in [2.05, 4.69) is 20.8 Å². The maximum absolute atomic E-state index is 12.5. The number of aromatic nitrogens is 2. The van der Waals surface area contributed by atoms with Crippen LogP contribution in [0.5, 0.6) is 0 Å². The van der Waals surface area contributed by atoms with Crippen LogP contribution in [0.15, 0.2) is 4.34 Å². The summed E-state index contributed by atoms with van der Waals surface area (Å²) < 4.78 is 5.31. The van der Waals surface area contributed by atoms with Crippen molar-refractivity contribution in [3.63, 3.8) is 0 Å². The molecule has 0 aromatic carbocycles. The highest BCUT2D eigenvalue weighted by Gasteiger charge is 2.49. The number of thioether (sulfide) groups is 1. The average molecular weight is 415 g/mol. The first-order valence-electron chi connectivity index (χ1n) is 8.41. The number of amides is 4. The Morgan fingerprint density at radius 3 is 2.56 bits per heavy atom. The van der Waals surface area contributed by atoms with E-state index in [1.165, 1.54) is 0 Å². The number of nitrogens with zero attached hydrogens (tertiary/aromatic N) is 3. The van der Waals surface area contributed by atoms with E-state index in [9.17, 15) is 19.2 Å². The number of imide groups is 1. The lowest BCUT2D eigenvalue weighted by Crippen LogP contribution is -2.46. The van der Waals surface area contributed by atoms with Crippen LogP contribution in [-0.4, -0.2) is 63.4 Å². The van der Waals surface area contributed by atoms with Gasteiger partial charge >= 0.3 is 12.0 Å². The normalized spacial score (nSPS) is 15.6. The molecule has 1 aromatic heterocycles. The molecule has 12 heteroatoms. The molecule has 1 aromatic rings. The van der Waals surface area contributed by atoms with E-state index in [0.717, 1.165) is 28.0 Å². The lowest BCUT2D eigenvalue weighted by Gasteiger charge is -2.22. The van der Waals surface area contributed by atoms with E-state index in [-0.39, 0.29) is 16.9 Å². The van der Waals surface area contributed by atoms with Gasteiger partial charge in [0.25, 0.3) is 5.91 Å². The van der Waals surface area contributed by atoms with Crippen LogP contribution in [-0.2, 0) is 19.1 Å². The summed E-state index contributed by atoms with van der Waals surface area (Å²) in [5.41, 5.74) is -0.947. The first kappa shape index (κ1) is 21.1. The monoisotopic (exact) mass is 415 g/mol. The predicted molar refractivity (Wildman–Crippen MR) is 99.5 cm³/mol. The van der Waals surface area contributed by atoms with Crippen molar-refractivity contribution in [2.24, 2.45) is 0 Å². The SMILES string of the molecule is CCOC(=O)CSc1nnc(NC(=O)CN2C(=O)NC(CC)(CC)C2=O)s1. The number of anilines is 1. The van der Waals surface area contributed by atoms with Crippen LogP contribution in [0.1, 0.15) is 33.6 Å². The van der Waals surface area contributed by atoms with Crippen LogP contribution < -0.4 is 10.6 Å². The second-order valence-corrected chi connectivity index (χ2v) is 7.83. The molecule has 1 aliphatic rings. The summed E-state index contributed by atoms with van der Waals surface area (Å²) in [6.07, 6.45) is 0.896. The Hall–Kier alpha value is -2.21. The van der Waals surface area contributed by atoms with Gasteiger partial charge in [0.2, 0.25) is 11.0 Å². The zero-order chi connectivity index (χ0) is 20.0. The first-order chi connectivity index (χ1) is 12.8. The quantitative estimate of drug-likeness (QED) is 0.267. The fourth-order valence-corrected chi connectivity index (χ4v) is 4.06. The number of urea groups is 1. The number of carbonyl (C=O) groups is 4. The van der Waals surface area contributed by atoms with Crippen molar-refractivity contribution in [3.05, 3.63) is 0 Å². The Morgan fingerprint density at radius 1 is 1.26 bits per heavy atom. The maximum Gasteiger partial charge on any atom is 0.325 e. The lowest BCUT2D eigenvalue weighted by molar-refractivity contribution is -0.139. The van der Waals surface area contributed by atoms with Crippen molar-refractivity contribution in [1.29, 1.82) is 0 Å². The lowest BCUT2D eigenvalue weighted by atomic mass is 9.93. The number of rotatable bonds is 9. The molecule has 0 saturated carbocycles. The maximum atomic E-state index is 12.5. The smallest absolute Gasteiger partial charge is 0.325 e. The van der Waals surface area contributed by atoms with Gasteiger partial charge in [-0.2, -0.15) is 0 Å². The predicted octanol–water partition coefficient (Wildman–Crippen LogP) is 1.24. The standard InChI is InChI=1S/C15H21N5O5S2/c1-4-15(5-2)11(23)20(13(24)17-15)7-9(21)16-12-18-19-14(27-12)26-8-10(22)25-6-3/h4-8H2,1-3H3,(H,17,24)(H,16,18,21). The molecular formula is C15H21N5O5S2. The molecule has 0 radical (unpaired) electrons. The van der Waals surface area contributed by atoms with Crippen LogP contribution in [0, 0.1) is 0 Å². The second-order valence-electron chi connectivity index (χ2n) is 5.63. The van der Waals surface area contributed by atoms with Gasteiger partial charge in [-0.15, -0.1) is 10.2 Å². The summed E-state index contributed by atoms with van der Waals surface area (Å²) in [7, 11) is 0. The number of esters is 1. The molecule has 2 N–H and O–H groups in total. The molecule has 0 unspecified atom stereocenters. The molecule has 1 saturated heterocycles. The van der Waals surface area contributed by atoms with E-state index in [4.69, 9.17) is 4.74 Å². The largest absolute Gasteiger partial charge is 0.465 e. The fraction of sp³-hybridized carbons (Fsp3) is 0.600. The molecule has 0 atom stereocenters. The molecular weight excluding hydrogens is 394 g/mol. The molecule has 2 rings (SSSR count). The first-order valence-corrected chi connectivity index (χ1v) is 10.2. The molecule has 0 bridgehead atoms. The minimum absolute atomic E-state index is 0.0923. The summed E-state index contributed by atoms with van der Waals surface area (Å²) in [4.78, 5) is 48.9. The summed E-state index contributed by atoms with van der Waals surface area (Å²) in [6, 6.07) is -0.582. The summed E-state index contributed by atoms with van der Waals surface area (Å²) in [5, 5.41) is 13.1. The highest BCUT2D eigenvalue weighted by atomic mass is 32.2. The molecule has 10 nitrogen and oxygen atoms in total. The van der Waals surface area contributed by atoms with E-state index in [0.29, 0.717) is 23.8 Å². The molecule has 1 fully saturated rings. The molecule has 0 aliphatic carbocycles. The summed E-state index contributed by atoms with van der Waals surface area (Å²) >= 11 is 2.23. The van der Waals surface area contributed by atoms with Crippen LogP contribution in [0.2, 0.25) is 0 Å². The zero-order valence-electron chi connectivity index (χ0n) is 15.2. The van der Waals surface area contributed by atoms with Gasteiger partial charge in [-0.25, -0.2) is 4.79 Å². The van der Waals surface area contributed by atoms with Crippen LogP contribution in [0.3, 0.4) is 0 Å². The number of carbonyl (C=O) groups excluding carboxylic acids is 4. The van der Waals surface area contributed by atoms with Crippen molar-refractivity contribution in [2.45, 2.75) is 43.5 Å². The number of nitrogens with one attached hydrogen (secondary N) is 2. The van der Waals surface area contributed by atoms with Crippen molar-refractivity contribution >= 4 is 52.0 Å². The molecule has 1 aliphatic heterocycles. The molecule has 4 amide bonds. The Labute approximate surface area is 164 Å². The Bertz CT molecular complexity index is 734. The van der Waals surface area contributed by atoms with E-state index < -0.39 is 29.9 Å². The third-order valence-electron chi connectivity index (χ3n) is 4.03.